The van der Waals surface area contributed by atoms with E-state index in [9.17, 15) is 9.59 Å². The fourth-order valence-corrected chi connectivity index (χ4v) is 7.56. The number of esters is 1. The largest absolute Gasteiger partial charge is 0.441 e. The average Bonchev–Trinajstić information content (AvgIpc) is 3.01. The molecule has 0 unspecified atom stereocenters. The Hall–Kier alpha value is -1.24. The second-order valence-corrected chi connectivity index (χ2v) is 9.76. The Labute approximate surface area is 183 Å². The fraction of sp³-hybridized carbons (Fsp3) is 0.667. The van der Waals surface area contributed by atoms with E-state index in [0.717, 1.165) is 32.1 Å². The second-order valence-electron chi connectivity index (χ2n) is 9.01. The SMILES string of the molecule is CCC(=O)O[C@@]1(C#CCl)C=C[C@H]2[C@@H]3CCC4=CC(=O)CC[C@@H]4[C@H]3[C@@H](Cl)C[C@@]21CC. The van der Waals surface area contributed by atoms with E-state index in [1.807, 2.05) is 12.2 Å². The third kappa shape index (κ3) is 3.10. The molecule has 7 atom stereocenters. The monoisotopic (exact) mass is 434 g/mol. The third-order valence-corrected chi connectivity index (χ3v) is 8.57. The van der Waals surface area contributed by atoms with E-state index in [0.29, 0.717) is 30.6 Å². The molecule has 0 N–H and O–H groups in total. The molecule has 4 aliphatic carbocycles. The maximum atomic E-state index is 12.3. The Balaban J connectivity index is 1.74. The summed E-state index contributed by atoms with van der Waals surface area (Å²) in [6.45, 7) is 3.93. The molecule has 0 bridgehead atoms. The maximum absolute atomic E-state index is 12.3. The van der Waals surface area contributed by atoms with E-state index in [1.54, 1.807) is 6.92 Å². The van der Waals surface area contributed by atoms with Crippen molar-refractivity contribution < 1.29 is 14.3 Å². The van der Waals surface area contributed by atoms with Crippen molar-refractivity contribution in [3.8, 4) is 11.3 Å². The number of allylic oxidation sites excluding steroid dienone is 3. The molecule has 2 saturated carbocycles. The van der Waals surface area contributed by atoms with E-state index in [4.69, 9.17) is 27.9 Å². The van der Waals surface area contributed by atoms with Gasteiger partial charge in [0, 0.05) is 29.0 Å². The van der Waals surface area contributed by atoms with E-state index >= 15 is 0 Å². The van der Waals surface area contributed by atoms with Crippen LogP contribution in [0.5, 0.6) is 0 Å². The summed E-state index contributed by atoms with van der Waals surface area (Å²) in [6, 6.07) is 0. The highest BCUT2D eigenvalue weighted by molar-refractivity contribution is 6.30. The summed E-state index contributed by atoms with van der Waals surface area (Å²) in [4.78, 5) is 24.3. The molecule has 0 aliphatic heterocycles. The van der Waals surface area contributed by atoms with Crippen LogP contribution in [0, 0.1) is 40.4 Å². The van der Waals surface area contributed by atoms with Gasteiger partial charge in [-0.3, -0.25) is 9.59 Å². The van der Waals surface area contributed by atoms with Gasteiger partial charge in [0.2, 0.25) is 0 Å². The lowest BCUT2D eigenvalue weighted by molar-refractivity contribution is -0.167. The molecule has 4 rings (SSSR count). The fourth-order valence-electron chi connectivity index (χ4n) is 6.78. The summed E-state index contributed by atoms with van der Waals surface area (Å²) in [6.07, 6.45) is 11.4. The third-order valence-electron chi connectivity index (χ3n) is 8.03. The van der Waals surface area contributed by atoms with Gasteiger partial charge in [-0.2, -0.15) is 0 Å². The van der Waals surface area contributed by atoms with E-state index in [2.05, 4.69) is 24.3 Å². The van der Waals surface area contributed by atoms with Crippen molar-refractivity contribution in [2.24, 2.45) is 29.1 Å². The van der Waals surface area contributed by atoms with Crippen molar-refractivity contribution in [1.82, 2.24) is 0 Å². The number of hydrogen-bond donors (Lipinski definition) is 0. The number of hydrogen-bond acceptors (Lipinski definition) is 3. The van der Waals surface area contributed by atoms with Crippen LogP contribution in [0.3, 0.4) is 0 Å². The predicted molar refractivity (Wildman–Crippen MR) is 114 cm³/mol. The average molecular weight is 435 g/mol. The van der Waals surface area contributed by atoms with E-state index in [-0.39, 0.29) is 28.5 Å². The normalized spacial score (nSPS) is 42.7. The van der Waals surface area contributed by atoms with Gasteiger partial charge in [0.15, 0.2) is 11.4 Å². The van der Waals surface area contributed by atoms with Crippen molar-refractivity contribution >= 4 is 35.0 Å². The number of carbonyl (C=O) groups is 2. The van der Waals surface area contributed by atoms with Crippen molar-refractivity contribution in [3.63, 3.8) is 0 Å². The van der Waals surface area contributed by atoms with Crippen molar-refractivity contribution in [2.45, 2.75) is 69.8 Å². The van der Waals surface area contributed by atoms with Crippen LogP contribution in [-0.4, -0.2) is 22.7 Å². The summed E-state index contributed by atoms with van der Waals surface area (Å²) in [5.41, 5.74) is -0.0832. The minimum Gasteiger partial charge on any atom is -0.441 e. The minimum atomic E-state index is -1.02. The van der Waals surface area contributed by atoms with Crippen LogP contribution >= 0.6 is 23.2 Å². The lowest BCUT2D eigenvalue weighted by atomic mass is 9.49. The molecular formula is C24H28Cl2O3. The molecular weight excluding hydrogens is 407 g/mol. The standard InChI is InChI=1S/C24H28Cl2O3/c1-3-21(28)29-24(11-12-25)10-9-19-18-7-5-15-13-16(27)6-8-17(15)22(18)20(26)14-23(19,24)4-2/h9-10,13,17-20,22H,3-8,14H2,1-2H3/t17-,18-,19-,20-,22+,23-,24+/m0/s1. The molecule has 0 aromatic carbocycles. The molecule has 156 valence electrons. The Bertz CT molecular complexity index is 835. The highest BCUT2D eigenvalue weighted by Gasteiger charge is 2.65. The lowest BCUT2D eigenvalue weighted by Gasteiger charge is -2.58. The van der Waals surface area contributed by atoms with Gasteiger partial charge in [0.1, 0.15) is 0 Å². The van der Waals surface area contributed by atoms with Crippen LogP contribution in [0.2, 0.25) is 0 Å². The number of carbonyl (C=O) groups excluding carboxylic acids is 2. The van der Waals surface area contributed by atoms with Crippen LogP contribution in [0.25, 0.3) is 0 Å². The van der Waals surface area contributed by atoms with Gasteiger partial charge >= 0.3 is 5.97 Å². The number of halogens is 2. The van der Waals surface area contributed by atoms with Crippen molar-refractivity contribution in [1.29, 1.82) is 0 Å². The zero-order chi connectivity index (χ0) is 20.8. The second kappa shape index (κ2) is 7.78. The maximum Gasteiger partial charge on any atom is 0.307 e. The molecule has 5 heteroatoms. The van der Waals surface area contributed by atoms with Crippen LogP contribution in [0.4, 0.5) is 0 Å². The number of rotatable bonds is 3. The van der Waals surface area contributed by atoms with Crippen molar-refractivity contribution in [3.05, 3.63) is 23.8 Å². The lowest BCUT2D eigenvalue weighted by Crippen LogP contribution is -2.58. The highest BCUT2D eigenvalue weighted by Crippen LogP contribution is 2.65. The summed E-state index contributed by atoms with van der Waals surface area (Å²) < 4.78 is 6.00. The Morgan fingerprint density at radius 2 is 2.10 bits per heavy atom. The molecule has 0 aromatic heterocycles. The molecule has 2 fully saturated rings. The zero-order valence-corrected chi connectivity index (χ0v) is 18.6. The van der Waals surface area contributed by atoms with Gasteiger partial charge in [-0.25, -0.2) is 0 Å². The quantitative estimate of drug-likeness (QED) is 0.258. The smallest absolute Gasteiger partial charge is 0.307 e. The van der Waals surface area contributed by atoms with Gasteiger partial charge in [-0.15, -0.1) is 11.6 Å². The van der Waals surface area contributed by atoms with E-state index in [1.165, 1.54) is 5.57 Å². The van der Waals surface area contributed by atoms with Gasteiger partial charge < -0.3 is 4.74 Å². The number of ether oxygens (including phenoxy) is 1. The molecule has 0 spiro atoms. The highest BCUT2D eigenvalue weighted by atomic mass is 35.5. The molecule has 3 nitrogen and oxygen atoms in total. The van der Waals surface area contributed by atoms with Crippen LogP contribution in [0.15, 0.2) is 23.8 Å². The first kappa shape index (κ1) is 21.0. The molecule has 0 radical (unpaired) electrons. The number of fused-ring (bicyclic) bond motifs is 5. The Morgan fingerprint density at radius 3 is 2.79 bits per heavy atom. The summed E-state index contributed by atoms with van der Waals surface area (Å²) in [5.74, 6) is 4.43. The molecule has 4 aliphatic rings. The van der Waals surface area contributed by atoms with Gasteiger partial charge in [-0.05, 0) is 85.4 Å². The first-order valence-electron chi connectivity index (χ1n) is 10.8. The molecule has 0 saturated heterocycles. The zero-order valence-electron chi connectivity index (χ0n) is 17.0. The first-order valence-corrected chi connectivity index (χ1v) is 11.6. The first-order chi connectivity index (χ1) is 13.9. The Kier molecular flexibility index (Phi) is 5.64. The number of ketones is 1. The molecule has 0 aromatic rings. The van der Waals surface area contributed by atoms with Crippen LogP contribution in [0.1, 0.15) is 58.8 Å². The topological polar surface area (TPSA) is 43.4 Å². The number of alkyl halides is 1. The van der Waals surface area contributed by atoms with Crippen molar-refractivity contribution in [2.75, 3.05) is 0 Å². The summed E-state index contributed by atoms with van der Waals surface area (Å²) >= 11 is 13.0. The van der Waals surface area contributed by atoms with E-state index < -0.39 is 5.60 Å². The van der Waals surface area contributed by atoms with Crippen LogP contribution < -0.4 is 0 Å². The van der Waals surface area contributed by atoms with Gasteiger partial charge in [-0.1, -0.05) is 25.5 Å². The molecule has 0 amide bonds. The molecule has 0 heterocycles. The van der Waals surface area contributed by atoms with Gasteiger partial charge in [0.05, 0.1) is 0 Å². The van der Waals surface area contributed by atoms with Crippen LogP contribution in [-0.2, 0) is 14.3 Å². The summed E-state index contributed by atoms with van der Waals surface area (Å²) in [7, 11) is 0. The molecule has 29 heavy (non-hydrogen) atoms. The minimum absolute atomic E-state index is 0.0465. The predicted octanol–water partition coefficient (Wildman–Crippen LogP) is 5.40. The Morgan fingerprint density at radius 1 is 1.31 bits per heavy atom. The van der Waals surface area contributed by atoms with Gasteiger partial charge in [0.25, 0.3) is 0 Å². The summed E-state index contributed by atoms with van der Waals surface area (Å²) in [5, 5.41) is 2.47.